The largest absolute Gasteiger partial charge is 0.494 e. The Morgan fingerprint density at radius 2 is 1.83 bits per heavy atom. The number of likely N-dealkylation sites (N-methyl/N-ethyl adjacent to an activating group) is 1. The van der Waals surface area contributed by atoms with Crippen LogP contribution in [0.1, 0.15) is 42.1 Å². The van der Waals surface area contributed by atoms with E-state index < -0.39 is 9.84 Å². The molecule has 2 aliphatic rings. The van der Waals surface area contributed by atoms with E-state index in [4.69, 9.17) is 4.74 Å². The quantitative estimate of drug-likeness (QED) is 0.465. The first kappa shape index (κ1) is 25.5. The van der Waals surface area contributed by atoms with Crippen LogP contribution in [0.3, 0.4) is 0 Å². The van der Waals surface area contributed by atoms with Gasteiger partial charge in [-0.1, -0.05) is 13.3 Å². The third-order valence-corrected chi connectivity index (χ3v) is 7.98. The van der Waals surface area contributed by atoms with Crippen LogP contribution >= 0.6 is 0 Å². The molecule has 1 atom stereocenters. The van der Waals surface area contributed by atoms with Crippen molar-refractivity contribution in [1.29, 1.82) is 0 Å². The lowest BCUT2D eigenvalue weighted by atomic mass is 9.98. The van der Waals surface area contributed by atoms with Crippen molar-refractivity contribution in [2.45, 2.75) is 38.6 Å². The zero-order valence-electron chi connectivity index (χ0n) is 21.1. The molecule has 1 amide bonds. The Labute approximate surface area is 209 Å². The number of anilines is 2. The highest BCUT2D eigenvalue weighted by molar-refractivity contribution is 7.90. The summed E-state index contributed by atoms with van der Waals surface area (Å²) in [5.41, 5.74) is 3.85. The normalized spacial score (nSPS) is 18.3. The summed E-state index contributed by atoms with van der Waals surface area (Å²) in [7, 11) is -0.951. The molecule has 0 bridgehead atoms. The molecule has 0 unspecified atom stereocenters. The maximum atomic E-state index is 13.2. The minimum atomic E-state index is -2.95. The van der Waals surface area contributed by atoms with E-state index in [0.717, 1.165) is 67.0 Å². The van der Waals surface area contributed by atoms with Gasteiger partial charge in [0.1, 0.15) is 15.6 Å². The van der Waals surface area contributed by atoms with Crippen molar-refractivity contribution in [3.63, 3.8) is 0 Å². The van der Waals surface area contributed by atoms with E-state index in [0.29, 0.717) is 25.7 Å². The number of hydrogen-bond acceptors (Lipinski definition) is 6. The first-order valence-corrected chi connectivity index (χ1v) is 14.6. The fraction of sp³-hybridized carbons (Fsp3) is 0.519. The van der Waals surface area contributed by atoms with Crippen LogP contribution in [-0.4, -0.2) is 77.1 Å². The Morgan fingerprint density at radius 1 is 1.09 bits per heavy atom. The lowest BCUT2D eigenvalue weighted by Crippen LogP contribution is -2.38. The van der Waals surface area contributed by atoms with E-state index in [-0.39, 0.29) is 11.7 Å². The van der Waals surface area contributed by atoms with Crippen LogP contribution in [-0.2, 0) is 16.3 Å². The number of carbonyl (C=O) groups is 1. The number of nitrogens with zero attached hydrogens (tertiary/aromatic N) is 3. The third-order valence-electron chi connectivity index (χ3n) is 7.05. The molecule has 2 heterocycles. The van der Waals surface area contributed by atoms with E-state index in [9.17, 15) is 13.2 Å². The van der Waals surface area contributed by atoms with E-state index in [2.05, 4.69) is 28.9 Å². The number of rotatable bonds is 10. The van der Waals surface area contributed by atoms with Gasteiger partial charge in [-0.25, -0.2) is 8.42 Å². The van der Waals surface area contributed by atoms with E-state index in [1.165, 1.54) is 6.26 Å². The molecule has 1 saturated heterocycles. The molecule has 0 aromatic heterocycles. The summed E-state index contributed by atoms with van der Waals surface area (Å²) >= 11 is 0. The van der Waals surface area contributed by atoms with E-state index in [1.807, 2.05) is 42.3 Å². The minimum Gasteiger partial charge on any atom is -0.494 e. The predicted octanol–water partition coefficient (Wildman–Crippen LogP) is 3.62. The zero-order chi connectivity index (χ0) is 25.0. The van der Waals surface area contributed by atoms with Gasteiger partial charge in [-0.2, -0.15) is 0 Å². The smallest absolute Gasteiger partial charge is 0.258 e. The second-order valence-electron chi connectivity index (χ2n) is 9.74. The molecule has 0 spiro atoms. The molecule has 190 valence electrons. The molecule has 0 saturated carbocycles. The van der Waals surface area contributed by atoms with Gasteiger partial charge in [-0.3, -0.25) is 4.79 Å². The van der Waals surface area contributed by atoms with Crippen molar-refractivity contribution in [2.75, 3.05) is 61.6 Å². The Morgan fingerprint density at radius 3 is 2.54 bits per heavy atom. The summed E-state index contributed by atoms with van der Waals surface area (Å²) in [5, 5.41) is 0. The highest BCUT2D eigenvalue weighted by Gasteiger charge is 2.28. The van der Waals surface area contributed by atoms with Crippen LogP contribution in [0.5, 0.6) is 5.75 Å². The van der Waals surface area contributed by atoms with Crippen LogP contribution < -0.4 is 14.5 Å². The number of hydrogen-bond donors (Lipinski definition) is 0. The molecule has 2 aromatic carbocycles. The van der Waals surface area contributed by atoms with Crippen LogP contribution in [0.2, 0.25) is 0 Å². The summed E-state index contributed by atoms with van der Waals surface area (Å²) in [6.07, 6.45) is 5.22. The second kappa shape index (κ2) is 11.0. The monoisotopic (exact) mass is 499 g/mol. The summed E-state index contributed by atoms with van der Waals surface area (Å²) in [5.74, 6) is 1.07. The molecule has 0 N–H and O–H groups in total. The second-order valence-corrected chi connectivity index (χ2v) is 12.0. The average Bonchev–Trinajstić information content (AvgIpc) is 3.33. The first-order chi connectivity index (χ1) is 16.7. The molecule has 4 rings (SSSR count). The number of amides is 1. The van der Waals surface area contributed by atoms with Crippen molar-refractivity contribution in [3.05, 3.63) is 53.6 Å². The molecular formula is C27H37N3O4S. The SMILES string of the molecule is CCCCOc1ccc2c(c1)CCN(c1ccc(N3CC[C@@H](N(C)CCS(C)(=O)=O)C3)cc1)C2=O. The molecule has 7 nitrogen and oxygen atoms in total. The van der Waals surface area contributed by atoms with Gasteiger partial charge in [-0.15, -0.1) is 0 Å². The zero-order valence-corrected chi connectivity index (χ0v) is 21.9. The molecule has 0 aliphatic carbocycles. The van der Waals surface area contributed by atoms with Crippen molar-refractivity contribution >= 4 is 27.1 Å². The molecule has 35 heavy (non-hydrogen) atoms. The van der Waals surface area contributed by atoms with E-state index >= 15 is 0 Å². The van der Waals surface area contributed by atoms with Gasteiger partial charge >= 0.3 is 0 Å². The summed E-state index contributed by atoms with van der Waals surface area (Å²) in [6.45, 7) is 5.86. The molecule has 1 fully saturated rings. The van der Waals surface area contributed by atoms with Crippen molar-refractivity contribution in [2.24, 2.45) is 0 Å². The van der Waals surface area contributed by atoms with Gasteiger partial charge in [-0.05, 0) is 74.3 Å². The predicted molar refractivity (Wildman–Crippen MR) is 142 cm³/mol. The summed E-state index contributed by atoms with van der Waals surface area (Å²) < 4.78 is 28.8. The van der Waals surface area contributed by atoms with Gasteiger partial charge in [0.2, 0.25) is 0 Å². The topological polar surface area (TPSA) is 70.2 Å². The fourth-order valence-electron chi connectivity index (χ4n) is 4.81. The van der Waals surface area contributed by atoms with Gasteiger partial charge in [0.25, 0.3) is 5.91 Å². The van der Waals surface area contributed by atoms with Crippen molar-refractivity contribution < 1.29 is 17.9 Å². The van der Waals surface area contributed by atoms with Gasteiger partial charge < -0.3 is 19.4 Å². The Bertz CT molecular complexity index is 1130. The number of benzene rings is 2. The van der Waals surface area contributed by atoms with Gasteiger partial charge in [0, 0.05) is 55.4 Å². The highest BCUT2D eigenvalue weighted by Crippen LogP contribution is 2.30. The minimum absolute atomic E-state index is 0.0350. The summed E-state index contributed by atoms with van der Waals surface area (Å²) in [6, 6.07) is 14.4. The number of carbonyl (C=O) groups excluding carboxylic acids is 1. The number of unbranched alkanes of at least 4 members (excludes halogenated alkanes) is 1. The molecule has 8 heteroatoms. The molecule has 0 radical (unpaired) electrons. The van der Waals surface area contributed by atoms with Crippen LogP contribution in [0.25, 0.3) is 0 Å². The maximum Gasteiger partial charge on any atom is 0.258 e. The van der Waals surface area contributed by atoms with E-state index in [1.54, 1.807) is 0 Å². The standard InChI is InChI=1S/C27H37N3O4S/c1-4-5-17-34-25-10-11-26-21(19-25)12-15-30(27(26)31)23-8-6-22(7-9-23)29-14-13-24(20-29)28(2)16-18-35(3,32)33/h6-11,19,24H,4-5,12-18,20H2,1-3H3/t24-/m1/s1. The van der Waals surface area contributed by atoms with Crippen LogP contribution in [0.15, 0.2) is 42.5 Å². The van der Waals surface area contributed by atoms with Gasteiger partial charge in [0.05, 0.1) is 12.4 Å². The summed E-state index contributed by atoms with van der Waals surface area (Å²) in [4.78, 5) is 19.5. The lowest BCUT2D eigenvalue weighted by molar-refractivity contribution is 0.0980. The van der Waals surface area contributed by atoms with Gasteiger partial charge in [0.15, 0.2) is 0 Å². The lowest BCUT2D eigenvalue weighted by Gasteiger charge is -2.29. The molecule has 2 aromatic rings. The Hall–Kier alpha value is -2.58. The number of fused-ring (bicyclic) bond motifs is 1. The Kier molecular flexibility index (Phi) is 8.02. The molecular weight excluding hydrogens is 462 g/mol. The third kappa shape index (κ3) is 6.35. The first-order valence-electron chi connectivity index (χ1n) is 12.6. The number of ether oxygens (including phenoxy) is 1. The average molecular weight is 500 g/mol. The van der Waals surface area contributed by atoms with Crippen LogP contribution in [0.4, 0.5) is 11.4 Å². The maximum absolute atomic E-state index is 13.2. The fourth-order valence-corrected chi connectivity index (χ4v) is 5.43. The molecule has 2 aliphatic heterocycles. The van der Waals surface area contributed by atoms with Crippen LogP contribution in [0, 0.1) is 0 Å². The Balaban J connectivity index is 1.37. The number of sulfone groups is 1. The highest BCUT2D eigenvalue weighted by atomic mass is 32.2. The van der Waals surface area contributed by atoms with Crippen molar-refractivity contribution in [3.8, 4) is 5.75 Å². The van der Waals surface area contributed by atoms with Crippen molar-refractivity contribution in [1.82, 2.24) is 4.90 Å².